The number of hydrogen-bond acceptors (Lipinski definition) is 4. The molecule has 2 fully saturated rings. The maximum atomic E-state index is 6.03. The summed E-state index contributed by atoms with van der Waals surface area (Å²) in [6, 6.07) is 0. The van der Waals surface area contributed by atoms with Gasteiger partial charge in [-0.3, -0.25) is 4.90 Å². The number of ether oxygens (including phenoxy) is 2. The summed E-state index contributed by atoms with van der Waals surface area (Å²) in [5.74, 6) is 0. The van der Waals surface area contributed by atoms with Gasteiger partial charge in [-0.1, -0.05) is 0 Å². The Bertz CT molecular complexity index is 221. The molecule has 2 aliphatic rings. The second kappa shape index (κ2) is 6.14. The molecule has 2 heterocycles. The van der Waals surface area contributed by atoms with E-state index in [0.717, 1.165) is 65.1 Å². The first kappa shape index (κ1) is 13.3. The van der Waals surface area contributed by atoms with E-state index in [1.165, 1.54) is 0 Å². The van der Waals surface area contributed by atoms with E-state index in [-0.39, 0.29) is 5.54 Å². The standard InChI is InChI=1S/C13H26N2O2/c1-2-17-12-3-7-15(8-4-12)13(11-14)5-9-16-10-6-13/h12H,2-11,14H2,1H3. The minimum absolute atomic E-state index is 0.204. The highest BCUT2D eigenvalue weighted by molar-refractivity contribution is 4.95. The summed E-state index contributed by atoms with van der Waals surface area (Å²) in [6.07, 6.45) is 4.93. The summed E-state index contributed by atoms with van der Waals surface area (Å²) in [4.78, 5) is 2.59. The van der Waals surface area contributed by atoms with Gasteiger partial charge in [0.05, 0.1) is 6.10 Å². The van der Waals surface area contributed by atoms with Crippen molar-refractivity contribution in [2.75, 3.05) is 39.5 Å². The third-order valence-electron chi connectivity index (χ3n) is 4.32. The largest absolute Gasteiger partial charge is 0.381 e. The molecule has 0 radical (unpaired) electrons. The van der Waals surface area contributed by atoms with Crippen molar-refractivity contribution in [3.8, 4) is 0 Å². The lowest BCUT2D eigenvalue weighted by Gasteiger charge is -2.48. The number of nitrogens with two attached hydrogens (primary N) is 1. The fourth-order valence-electron chi connectivity index (χ4n) is 3.13. The van der Waals surface area contributed by atoms with Crippen molar-refractivity contribution in [3.63, 3.8) is 0 Å². The third-order valence-corrected chi connectivity index (χ3v) is 4.32. The summed E-state index contributed by atoms with van der Waals surface area (Å²) in [5.41, 5.74) is 6.24. The Labute approximate surface area is 104 Å². The highest BCUT2D eigenvalue weighted by Crippen LogP contribution is 2.30. The average molecular weight is 242 g/mol. The number of likely N-dealkylation sites (tertiary alicyclic amines) is 1. The number of nitrogens with zero attached hydrogens (tertiary/aromatic N) is 1. The van der Waals surface area contributed by atoms with E-state index in [2.05, 4.69) is 11.8 Å². The molecule has 0 bridgehead atoms. The molecule has 4 nitrogen and oxygen atoms in total. The smallest absolute Gasteiger partial charge is 0.0599 e. The van der Waals surface area contributed by atoms with Gasteiger partial charge in [-0.2, -0.15) is 0 Å². The van der Waals surface area contributed by atoms with Crippen molar-refractivity contribution in [2.24, 2.45) is 5.73 Å². The Morgan fingerprint density at radius 2 is 1.94 bits per heavy atom. The van der Waals surface area contributed by atoms with Gasteiger partial charge in [-0.05, 0) is 32.6 Å². The minimum Gasteiger partial charge on any atom is -0.381 e. The van der Waals surface area contributed by atoms with Gasteiger partial charge in [0.2, 0.25) is 0 Å². The van der Waals surface area contributed by atoms with Gasteiger partial charge in [-0.25, -0.2) is 0 Å². The Morgan fingerprint density at radius 1 is 1.29 bits per heavy atom. The molecular weight excluding hydrogens is 216 g/mol. The maximum absolute atomic E-state index is 6.03. The lowest BCUT2D eigenvalue weighted by molar-refractivity contribution is -0.0591. The van der Waals surface area contributed by atoms with Crippen molar-refractivity contribution in [1.29, 1.82) is 0 Å². The highest BCUT2D eigenvalue weighted by Gasteiger charge is 2.38. The molecule has 2 saturated heterocycles. The van der Waals surface area contributed by atoms with E-state index in [9.17, 15) is 0 Å². The van der Waals surface area contributed by atoms with Crippen LogP contribution < -0.4 is 5.73 Å². The van der Waals surface area contributed by atoms with Gasteiger partial charge < -0.3 is 15.2 Å². The first-order valence-electron chi connectivity index (χ1n) is 6.95. The lowest BCUT2D eigenvalue weighted by Crippen LogP contribution is -2.59. The summed E-state index contributed by atoms with van der Waals surface area (Å²) in [6.45, 7) is 7.65. The average Bonchev–Trinajstić information content (AvgIpc) is 2.41. The van der Waals surface area contributed by atoms with Crippen LogP contribution in [0.1, 0.15) is 32.6 Å². The monoisotopic (exact) mass is 242 g/mol. The van der Waals surface area contributed by atoms with Crippen molar-refractivity contribution in [1.82, 2.24) is 4.90 Å². The molecule has 100 valence electrons. The van der Waals surface area contributed by atoms with Crippen LogP contribution in [0.15, 0.2) is 0 Å². The van der Waals surface area contributed by atoms with Crippen LogP contribution in [0.25, 0.3) is 0 Å². The maximum Gasteiger partial charge on any atom is 0.0599 e. The zero-order valence-electron chi connectivity index (χ0n) is 11.0. The molecule has 2 N–H and O–H groups in total. The Hall–Kier alpha value is -0.160. The molecule has 2 rings (SSSR count). The SMILES string of the molecule is CCOC1CCN(C2(CN)CCOCC2)CC1. The first-order valence-corrected chi connectivity index (χ1v) is 6.95. The molecule has 0 saturated carbocycles. The predicted octanol–water partition coefficient (Wildman–Crippen LogP) is 0.995. The highest BCUT2D eigenvalue weighted by atomic mass is 16.5. The molecule has 0 atom stereocenters. The van der Waals surface area contributed by atoms with Crippen LogP contribution in [0.2, 0.25) is 0 Å². The van der Waals surface area contributed by atoms with E-state index in [4.69, 9.17) is 15.2 Å². The molecule has 17 heavy (non-hydrogen) atoms. The van der Waals surface area contributed by atoms with Crippen LogP contribution in [0.5, 0.6) is 0 Å². The van der Waals surface area contributed by atoms with Gasteiger partial charge in [0.15, 0.2) is 0 Å². The fourth-order valence-corrected chi connectivity index (χ4v) is 3.13. The van der Waals surface area contributed by atoms with E-state index < -0.39 is 0 Å². The van der Waals surface area contributed by atoms with Crippen molar-refractivity contribution < 1.29 is 9.47 Å². The fraction of sp³-hybridized carbons (Fsp3) is 1.00. The normalized spacial score (nSPS) is 27.2. The number of piperidine rings is 1. The Kier molecular flexibility index (Phi) is 4.79. The van der Waals surface area contributed by atoms with E-state index in [1.807, 2.05) is 0 Å². The van der Waals surface area contributed by atoms with E-state index in [1.54, 1.807) is 0 Å². The molecule has 0 unspecified atom stereocenters. The van der Waals surface area contributed by atoms with Gasteiger partial charge >= 0.3 is 0 Å². The van der Waals surface area contributed by atoms with Crippen molar-refractivity contribution in [3.05, 3.63) is 0 Å². The lowest BCUT2D eigenvalue weighted by atomic mass is 9.86. The van der Waals surface area contributed by atoms with Crippen LogP contribution in [0.4, 0.5) is 0 Å². The van der Waals surface area contributed by atoms with Gasteiger partial charge in [0.25, 0.3) is 0 Å². The van der Waals surface area contributed by atoms with E-state index in [0.29, 0.717) is 6.10 Å². The second-order valence-corrected chi connectivity index (χ2v) is 5.18. The number of hydrogen-bond donors (Lipinski definition) is 1. The Balaban J connectivity index is 1.89. The first-order chi connectivity index (χ1) is 8.30. The van der Waals surface area contributed by atoms with Crippen LogP contribution in [-0.4, -0.2) is 56.0 Å². The quantitative estimate of drug-likeness (QED) is 0.799. The summed E-state index contributed by atoms with van der Waals surface area (Å²) >= 11 is 0. The van der Waals surface area contributed by atoms with Gasteiger partial charge in [0.1, 0.15) is 0 Å². The molecule has 0 amide bonds. The predicted molar refractivity (Wildman–Crippen MR) is 68.1 cm³/mol. The van der Waals surface area contributed by atoms with Crippen LogP contribution in [-0.2, 0) is 9.47 Å². The van der Waals surface area contributed by atoms with Crippen molar-refractivity contribution >= 4 is 0 Å². The van der Waals surface area contributed by atoms with Crippen LogP contribution in [0.3, 0.4) is 0 Å². The van der Waals surface area contributed by atoms with Gasteiger partial charge in [-0.15, -0.1) is 0 Å². The summed E-state index contributed by atoms with van der Waals surface area (Å²) in [5, 5.41) is 0. The molecular formula is C13H26N2O2. The number of rotatable bonds is 4. The van der Waals surface area contributed by atoms with Crippen LogP contribution >= 0.6 is 0 Å². The molecule has 0 aromatic heterocycles. The third kappa shape index (κ3) is 2.99. The molecule has 4 heteroatoms. The molecule has 0 aromatic rings. The topological polar surface area (TPSA) is 47.7 Å². The van der Waals surface area contributed by atoms with Gasteiger partial charge in [0, 0.05) is 45.0 Å². The minimum atomic E-state index is 0.204. The molecule has 0 aromatic carbocycles. The molecule has 0 spiro atoms. The Morgan fingerprint density at radius 3 is 2.47 bits per heavy atom. The zero-order chi connectivity index (χ0) is 12.1. The van der Waals surface area contributed by atoms with Crippen LogP contribution in [0, 0.1) is 0 Å². The van der Waals surface area contributed by atoms with E-state index >= 15 is 0 Å². The summed E-state index contributed by atoms with van der Waals surface area (Å²) in [7, 11) is 0. The molecule has 0 aliphatic carbocycles. The second-order valence-electron chi connectivity index (χ2n) is 5.18. The van der Waals surface area contributed by atoms with Crippen molar-refractivity contribution in [2.45, 2.75) is 44.2 Å². The molecule has 2 aliphatic heterocycles. The summed E-state index contributed by atoms with van der Waals surface area (Å²) < 4.78 is 11.2. The zero-order valence-corrected chi connectivity index (χ0v) is 11.0.